The van der Waals surface area contributed by atoms with Gasteiger partial charge < -0.3 is 10.2 Å². The largest absolute Gasteiger partial charge is 0.506 e. The molecule has 0 saturated heterocycles. The molecule has 0 fully saturated rings. The molecule has 0 spiro atoms. The molecule has 2 N–H and O–H groups in total. The molecule has 0 unspecified atom stereocenters. The predicted octanol–water partition coefficient (Wildman–Crippen LogP) is 5.61. The third-order valence-corrected chi connectivity index (χ3v) is 4.68. The maximum absolute atomic E-state index is 9.54. The van der Waals surface area contributed by atoms with E-state index in [0.29, 0.717) is 15.8 Å². The molecule has 0 aliphatic rings. The van der Waals surface area contributed by atoms with Crippen LogP contribution < -0.4 is 0 Å². The molecule has 26 heavy (non-hydrogen) atoms. The standard InChI is InChI=1S/C8H4Br2N2O.C8H4BrClN2O/c2*9-5-1-4-3-11-8(10)12-7(4)6(13)2-5/h2*1-3,13H. The number of hydrogen-bond donors (Lipinski definition) is 2. The van der Waals surface area contributed by atoms with E-state index in [2.05, 4.69) is 67.7 Å². The van der Waals surface area contributed by atoms with E-state index in [-0.39, 0.29) is 16.8 Å². The number of phenols is 2. The van der Waals surface area contributed by atoms with E-state index in [9.17, 15) is 10.2 Å². The van der Waals surface area contributed by atoms with E-state index in [1.165, 1.54) is 0 Å². The van der Waals surface area contributed by atoms with Crippen LogP contribution in [-0.4, -0.2) is 30.1 Å². The fraction of sp³-hybridized carbons (Fsp3) is 0. The zero-order chi connectivity index (χ0) is 18.8. The molecular formula is C16H8Br3ClN4O2. The summed E-state index contributed by atoms with van der Waals surface area (Å²) in [6.45, 7) is 0. The smallest absolute Gasteiger partial charge is 0.223 e. The van der Waals surface area contributed by atoms with Gasteiger partial charge in [-0.3, -0.25) is 0 Å². The molecule has 0 atom stereocenters. The van der Waals surface area contributed by atoms with Crippen molar-refractivity contribution in [1.82, 2.24) is 19.9 Å². The number of aromatic nitrogens is 4. The molecule has 0 saturated carbocycles. The van der Waals surface area contributed by atoms with Gasteiger partial charge in [0.25, 0.3) is 0 Å². The van der Waals surface area contributed by atoms with Gasteiger partial charge in [-0.15, -0.1) is 0 Å². The van der Waals surface area contributed by atoms with Crippen LogP contribution in [0.4, 0.5) is 0 Å². The first kappa shape index (κ1) is 19.2. The molecule has 6 nitrogen and oxygen atoms in total. The second-order valence-electron chi connectivity index (χ2n) is 5.00. The molecule has 0 amide bonds. The second-order valence-corrected chi connectivity index (χ2v) is 7.88. The summed E-state index contributed by atoms with van der Waals surface area (Å²) in [5.41, 5.74) is 1.01. The molecule has 2 heterocycles. The van der Waals surface area contributed by atoms with Gasteiger partial charge in [0.2, 0.25) is 5.28 Å². The van der Waals surface area contributed by atoms with E-state index >= 15 is 0 Å². The Morgan fingerprint density at radius 3 is 1.81 bits per heavy atom. The Morgan fingerprint density at radius 2 is 1.23 bits per heavy atom. The summed E-state index contributed by atoms with van der Waals surface area (Å²) in [5.74, 6) is 0.237. The van der Waals surface area contributed by atoms with Crippen LogP contribution in [-0.2, 0) is 0 Å². The van der Waals surface area contributed by atoms with Crippen LogP contribution in [0, 0.1) is 0 Å². The van der Waals surface area contributed by atoms with Crippen molar-refractivity contribution in [3.63, 3.8) is 0 Å². The van der Waals surface area contributed by atoms with Crippen molar-refractivity contribution in [2.75, 3.05) is 0 Å². The van der Waals surface area contributed by atoms with Crippen LogP contribution in [0.2, 0.25) is 5.28 Å². The first-order valence-corrected chi connectivity index (χ1v) is 9.70. The normalized spacial score (nSPS) is 10.6. The molecule has 2 aromatic heterocycles. The van der Waals surface area contributed by atoms with Crippen LogP contribution >= 0.6 is 59.4 Å². The zero-order valence-electron chi connectivity index (χ0n) is 12.7. The average Bonchev–Trinajstić information content (AvgIpc) is 2.57. The van der Waals surface area contributed by atoms with Crippen LogP contribution in [0.5, 0.6) is 11.5 Å². The number of aromatic hydroxyl groups is 2. The van der Waals surface area contributed by atoms with Crippen molar-refractivity contribution >= 4 is 81.2 Å². The SMILES string of the molecule is Oc1cc(Br)cc2cnc(Br)nc12.Oc1cc(Br)cc2cnc(Cl)nc12. The highest BCUT2D eigenvalue weighted by molar-refractivity contribution is 9.11. The number of phenolic OH excluding ortho intramolecular Hbond substituents is 2. The van der Waals surface area contributed by atoms with Gasteiger partial charge in [-0.1, -0.05) is 31.9 Å². The lowest BCUT2D eigenvalue weighted by Crippen LogP contribution is -1.84. The number of fused-ring (bicyclic) bond motifs is 2. The van der Waals surface area contributed by atoms with Gasteiger partial charge in [0.05, 0.1) is 0 Å². The third-order valence-electron chi connectivity index (χ3n) is 3.20. The second kappa shape index (κ2) is 7.99. The number of halogens is 4. The summed E-state index contributed by atoms with van der Waals surface area (Å²) in [6, 6.07) is 6.82. The van der Waals surface area contributed by atoms with Gasteiger partial charge in [0, 0.05) is 32.1 Å². The van der Waals surface area contributed by atoms with Crippen LogP contribution in [0.1, 0.15) is 0 Å². The molecule has 0 aliphatic heterocycles. The first-order valence-electron chi connectivity index (χ1n) is 6.95. The Bertz CT molecular complexity index is 1040. The van der Waals surface area contributed by atoms with Gasteiger partial charge in [0.15, 0.2) is 4.73 Å². The highest BCUT2D eigenvalue weighted by Crippen LogP contribution is 2.28. The van der Waals surface area contributed by atoms with Crippen molar-refractivity contribution in [2.24, 2.45) is 0 Å². The molecule has 2 aromatic carbocycles. The lowest BCUT2D eigenvalue weighted by atomic mass is 10.2. The van der Waals surface area contributed by atoms with Crippen molar-refractivity contribution in [1.29, 1.82) is 0 Å². The maximum atomic E-state index is 9.54. The molecular weight excluding hydrogens is 555 g/mol. The first-order chi connectivity index (χ1) is 12.3. The predicted molar refractivity (Wildman–Crippen MR) is 111 cm³/mol. The Balaban J connectivity index is 0.000000151. The van der Waals surface area contributed by atoms with E-state index in [4.69, 9.17) is 11.6 Å². The highest BCUT2D eigenvalue weighted by Gasteiger charge is 2.05. The summed E-state index contributed by atoms with van der Waals surface area (Å²) < 4.78 is 2.06. The Morgan fingerprint density at radius 1 is 0.731 bits per heavy atom. The molecule has 10 heteroatoms. The minimum atomic E-state index is 0.0914. The minimum absolute atomic E-state index is 0.0914. The van der Waals surface area contributed by atoms with Gasteiger partial charge in [-0.05, 0) is 51.8 Å². The van der Waals surface area contributed by atoms with E-state index in [1.807, 2.05) is 12.1 Å². The van der Waals surface area contributed by atoms with Crippen molar-refractivity contribution in [3.8, 4) is 11.5 Å². The average molecular weight is 563 g/mol. The van der Waals surface area contributed by atoms with E-state index in [1.54, 1.807) is 24.5 Å². The lowest BCUT2D eigenvalue weighted by molar-refractivity contribution is 0.479. The summed E-state index contributed by atoms with van der Waals surface area (Å²) in [7, 11) is 0. The van der Waals surface area contributed by atoms with Crippen molar-refractivity contribution in [2.45, 2.75) is 0 Å². The number of benzene rings is 2. The molecule has 0 radical (unpaired) electrons. The van der Waals surface area contributed by atoms with Crippen molar-refractivity contribution < 1.29 is 10.2 Å². The minimum Gasteiger partial charge on any atom is -0.506 e. The third kappa shape index (κ3) is 4.40. The van der Waals surface area contributed by atoms with Crippen molar-refractivity contribution in [3.05, 3.63) is 55.6 Å². The van der Waals surface area contributed by atoms with Gasteiger partial charge in [-0.25, -0.2) is 19.9 Å². The number of nitrogens with zero attached hydrogens (tertiary/aromatic N) is 4. The summed E-state index contributed by atoms with van der Waals surface area (Å²) >= 11 is 15.3. The lowest BCUT2D eigenvalue weighted by Gasteiger charge is -2.00. The maximum Gasteiger partial charge on any atom is 0.223 e. The topological polar surface area (TPSA) is 92.0 Å². The highest BCUT2D eigenvalue weighted by atomic mass is 79.9. The zero-order valence-corrected chi connectivity index (χ0v) is 18.2. The quantitative estimate of drug-likeness (QED) is 0.270. The Labute approximate surface area is 177 Å². The van der Waals surface area contributed by atoms with Crippen LogP contribution in [0.15, 0.2) is 50.3 Å². The van der Waals surface area contributed by atoms with E-state index in [0.717, 1.165) is 19.7 Å². The molecule has 0 bridgehead atoms. The molecule has 4 aromatic rings. The summed E-state index contributed by atoms with van der Waals surface area (Å²) in [6.07, 6.45) is 3.21. The fourth-order valence-corrected chi connectivity index (χ4v) is 3.48. The Kier molecular flexibility index (Phi) is 5.91. The fourth-order valence-electron chi connectivity index (χ4n) is 2.14. The summed E-state index contributed by atoms with van der Waals surface area (Å²) in [5, 5.41) is 20.7. The van der Waals surface area contributed by atoms with Gasteiger partial charge in [-0.2, -0.15) is 0 Å². The monoisotopic (exact) mass is 560 g/mol. The number of rotatable bonds is 0. The van der Waals surface area contributed by atoms with Crippen LogP contribution in [0.3, 0.4) is 0 Å². The van der Waals surface area contributed by atoms with Gasteiger partial charge >= 0.3 is 0 Å². The molecule has 132 valence electrons. The molecule has 4 rings (SSSR count). The summed E-state index contributed by atoms with van der Waals surface area (Å²) in [4.78, 5) is 15.7. The van der Waals surface area contributed by atoms with E-state index < -0.39 is 0 Å². The number of hydrogen-bond acceptors (Lipinski definition) is 6. The Hall–Kier alpha value is -1.55. The molecule has 0 aliphatic carbocycles. The van der Waals surface area contributed by atoms with Gasteiger partial charge in [0.1, 0.15) is 22.5 Å². The van der Waals surface area contributed by atoms with Crippen LogP contribution in [0.25, 0.3) is 21.8 Å².